The van der Waals surface area contributed by atoms with E-state index in [0.717, 1.165) is 13.1 Å². The molecule has 0 aliphatic carbocycles. The molecule has 2 rings (SSSR count). The van der Waals surface area contributed by atoms with Crippen molar-refractivity contribution >= 4 is 11.3 Å². The highest BCUT2D eigenvalue weighted by Crippen LogP contribution is 2.26. The van der Waals surface area contributed by atoms with Crippen LogP contribution in [0.15, 0.2) is 17.5 Å². The summed E-state index contributed by atoms with van der Waals surface area (Å²) in [5, 5.41) is 5.70. The molecule has 1 fully saturated rings. The number of hydrogen-bond acceptors (Lipinski definition) is 4. The minimum absolute atomic E-state index is 0.173. The van der Waals surface area contributed by atoms with Crippen molar-refractivity contribution < 1.29 is 4.74 Å². The summed E-state index contributed by atoms with van der Waals surface area (Å²) in [5.74, 6) is 0. The molecule has 0 saturated carbocycles. The van der Waals surface area contributed by atoms with Crippen LogP contribution in [0.2, 0.25) is 0 Å². The Kier molecular flexibility index (Phi) is 5.83. The van der Waals surface area contributed by atoms with Crippen LogP contribution in [0.3, 0.4) is 0 Å². The smallest absolute Gasteiger partial charge is 0.0707 e. The van der Waals surface area contributed by atoms with Crippen molar-refractivity contribution in [1.29, 1.82) is 0 Å². The molecule has 1 N–H and O–H groups in total. The van der Waals surface area contributed by atoms with Crippen LogP contribution in [-0.2, 0) is 4.74 Å². The highest BCUT2D eigenvalue weighted by Gasteiger charge is 2.28. The van der Waals surface area contributed by atoms with Crippen LogP contribution in [0, 0.1) is 0 Å². The summed E-state index contributed by atoms with van der Waals surface area (Å²) in [7, 11) is 2.20. The van der Waals surface area contributed by atoms with E-state index >= 15 is 0 Å². The predicted molar refractivity (Wildman–Crippen MR) is 91.0 cm³/mol. The topological polar surface area (TPSA) is 24.5 Å². The number of nitrogens with zero attached hydrogens (tertiary/aromatic N) is 1. The van der Waals surface area contributed by atoms with Crippen LogP contribution >= 0.6 is 11.3 Å². The Morgan fingerprint density at radius 2 is 2.10 bits per heavy atom. The van der Waals surface area contributed by atoms with Gasteiger partial charge in [-0.15, -0.1) is 11.3 Å². The molecule has 1 saturated heterocycles. The molecule has 21 heavy (non-hydrogen) atoms. The number of nitrogens with one attached hydrogen (secondary N) is 1. The molecular formula is C17H30N2OS. The van der Waals surface area contributed by atoms with Gasteiger partial charge in [0.25, 0.3) is 0 Å². The molecule has 2 heterocycles. The fourth-order valence-electron chi connectivity index (χ4n) is 2.71. The van der Waals surface area contributed by atoms with Crippen LogP contribution in [0.5, 0.6) is 0 Å². The first-order valence-corrected chi connectivity index (χ1v) is 8.87. The first-order valence-electron chi connectivity index (χ1n) is 7.99. The van der Waals surface area contributed by atoms with E-state index < -0.39 is 0 Å². The van der Waals surface area contributed by atoms with Gasteiger partial charge in [0.2, 0.25) is 0 Å². The quantitative estimate of drug-likeness (QED) is 0.867. The van der Waals surface area contributed by atoms with Crippen LogP contribution in [0.4, 0.5) is 0 Å². The second-order valence-corrected chi connectivity index (χ2v) is 8.20. The van der Waals surface area contributed by atoms with Crippen molar-refractivity contribution in [3.05, 3.63) is 22.4 Å². The molecule has 0 aromatic carbocycles. The second kappa shape index (κ2) is 7.23. The fourth-order valence-corrected chi connectivity index (χ4v) is 3.56. The zero-order valence-electron chi connectivity index (χ0n) is 14.1. The van der Waals surface area contributed by atoms with Crippen molar-refractivity contribution in [3.63, 3.8) is 0 Å². The monoisotopic (exact) mass is 310 g/mol. The van der Waals surface area contributed by atoms with E-state index in [9.17, 15) is 0 Å². The van der Waals surface area contributed by atoms with E-state index in [-0.39, 0.29) is 5.54 Å². The van der Waals surface area contributed by atoms with Crippen LogP contribution in [0.25, 0.3) is 0 Å². The van der Waals surface area contributed by atoms with E-state index in [1.54, 1.807) is 0 Å². The Morgan fingerprint density at radius 1 is 1.38 bits per heavy atom. The number of rotatable bonds is 6. The third-order valence-electron chi connectivity index (χ3n) is 4.16. The fraction of sp³-hybridized carbons (Fsp3) is 0.765. The van der Waals surface area contributed by atoms with Gasteiger partial charge < -0.3 is 10.1 Å². The molecule has 120 valence electrons. The van der Waals surface area contributed by atoms with Gasteiger partial charge in [0.1, 0.15) is 0 Å². The summed E-state index contributed by atoms with van der Waals surface area (Å²) in [6.07, 6.45) is 3.11. The number of hydrogen-bond donors (Lipinski definition) is 1. The molecule has 1 aromatic heterocycles. The molecule has 1 aromatic rings. The molecule has 0 radical (unpaired) electrons. The van der Waals surface area contributed by atoms with Crippen LogP contribution in [0.1, 0.15) is 51.5 Å². The summed E-state index contributed by atoms with van der Waals surface area (Å²) in [6, 6.07) is 4.82. The zero-order valence-corrected chi connectivity index (χ0v) is 14.9. The molecule has 1 aliphatic heterocycles. The summed E-state index contributed by atoms with van der Waals surface area (Å²) in [4.78, 5) is 3.84. The SMILES string of the molecule is CC(c1cccs1)N(C)CC1CCC(CNC(C)(C)C)O1. The second-order valence-electron chi connectivity index (χ2n) is 7.22. The normalized spacial score (nSPS) is 24.7. The molecule has 0 spiro atoms. The minimum atomic E-state index is 0.173. The Hall–Kier alpha value is -0.420. The van der Waals surface area contributed by atoms with Gasteiger partial charge in [-0.1, -0.05) is 6.07 Å². The summed E-state index contributed by atoms with van der Waals surface area (Å²) < 4.78 is 6.19. The van der Waals surface area contributed by atoms with Crippen molar-refractivity contribution in [2.24, 2.45) is 0 Å². The Balaban J connectivity index is 1.74. The van der Waals surface area contributed by atoms with Crippen molar-refractivity contribution in [2.45, 2.75) is 64.3 Å². The van der Waals surface area contributed by atoms with E-state index in [2.05, 4.69) is 62.5 Å². The summed E-state index contributed by atoms with van der Waals surface area (Å²) in [6.45, 7) is 10.9. The van der Waals surface area contributed by atoms with Gasteiger partial charge in [-0.25, -0.2) is 0 Å². The van der Waals surface area contributed by atoms with Gasteiger partial charge in [-0.05, 0) is 59.0 Å². The van der Waals surface area contributed by atoms with Gasteiger partial charge in [-0.3, -0.25) is 4.90 Å². The van der Waals surface area contributed by atoms with Gasteiger partial charge in [0, 0.05) is 29.5 Å². The lowest BCUT2D eigenvalue weighted by Crippen LogP contribution is -2.41. The van der Waals surface area contributed by atoms with Gasteiger partial charge in [0.15, 0.2) is 0 Å². The van der Waals surface area contributed by atoms with Crippen molar-refractivity contribution in [2.75, 3.05) is 20.1 Å². The van der Waals surface area contributed by atoms with E-state index in [1.807, 2.05) is 11.3 Å². The molecule has 0 bridgehead atoms. The Morgan fingerprint density at radius 3 is 2.71 bits per heavy atom. The molecule has 4 heteroatoms. The molecule has 0 amide bonds. The number of likely N-dealkylation sites (N-methyl/N-ethyl adjacent to an activating group) is 1. The maximum atomic E-state index is 6.19. The summed E-state index contributed by atoms with van der Waals surface area (Å²) in [5.41, 5.74) is 0.173. The van der Waals surface area contributed by atoms with E-state index in [0.29, 0.717) is 18.2 Å². The number of ether oxygens (including phenoxy) is 1. The molecule has 3 nitrogen and oxygen atoms in total. The maximum Gasteiger partial charge on any atom is 0.0707 e. The first-order chi connectivity index (χ1) is 9.85. The Labute approximate surface area is 133 Å². The highest BCUT2D eigenvalue weighted by atomic mass is 32.1. The van der Waals surface area contributed by atoms with E-state index in [4.69, 9.17) is 4.74 Å². The lowest BCUT2D eigenvalue weighted by Gasteiger charge is -2.27. The third-order valence-corrected chi connectivity index (χ3v) is 5.21. The predicted octanol–water partition coefficient (Wildman–Crippen LogP) is 3.68. The van der Waals surface area contributed by atoms with Gasteiger partial charge in [0.05, 0.1) is 12.2 Å². The van der Waals surface area contributed by atoms with Gasteiger partial charge in [-0.2, -0.15) is 0 Å². The third kappa shape index (κ3) is 5.37. The first kappa shape index (κ1) is 16.9. The highest BCUT2D eigenvalue weighted by molar-refractivity contribution is 7.10. The lowest BCUT2D eigenvalue weighted by atomic mass is 10.1. The molecular weight excluding hydrogens is 280 g/mol. The minimum Gasteiger partial charge on any atom is -0.372 e. The van der Waals surface area contributed by atoms with E-state index in [1.165, 1.54) is 17.7 Å². The van der Waals surface area contributed by atoms with Crippen LogP contribution in [-0.4, -0.2) is 42.8 Å². The number of thiophene rings is 1. The lowest BCUT2D eigenvalue weighted by molar-refractivity contribution is 0.0195. The van der Waals surface area contributed by atoms with Crippen molar-refractivity contribution in [1.82, 2.24) is 10.2 Å². The standard InChI is InChI=1S/C17H30N2OS/c1-13(16-7-6-10-21-16)19(5)12-15-9-8-14(20-15)11-18-17(2,3)4/h6-7,10,13-15,18H,8-9,11-12H2,1-5H3. The summed E-state index contributed by atoms with van der Waals surface area (Å²) >= 11 is 1.84. The zero-order chi connectivity index (χ0) is 15.5. The largest absolute Gasteiger partial charge is 0.372 e. The Bertz CT molecular complexity index is 413. The average molecular weight is 311 g/mol. The maximum absolute atomic E-state index is 6.19. The molecule has 3 atom stereocenters. The molecule has 1 aliphatic rings. The molecule has 3 unspecified atom stereocenters. The van der Waals surface area contributed by atoms with Gasteiger partial charge >= 0.3 is 0 Å². The van der Waals surface area contributed by atoms with Crippen molar-refractivity contribution in [3.8, 4) is 0 Å². The average Bonchev–Trinajstić information content (AvgIpc) is 3.06. The van der Waals surface area contributed by atoms with Crippen LogP contribution < -0.4 is 5.32 Å².